The smallest absolute Gasteiger partial charge is 0.142 e. The first kappa shape index (κ1) is 14.8. The first-order valence-corrected chi connectivity index (χ1v) is 6.83. The summed E-state index contributed by atoms with van der Waals surface area (Å²) in [5.74, 6) is 0.230. The van der Waals surface area contributed by atoms with E-state index >= 15 is 0 Å². The molecule has 0 aromatic heterocycles. The second-order valence-corrected chi connectivity index (χ2v) is 4.82. The molecule has 2 nitrogen and oxygen atoms in total. The molecular weight excluding hydrogens is 279 g/mol. The first-order valence-electron chi connectivity index (χ1n) is 6.45. The SMILES string of the molecule is CCOc1cccc(C(O)Cc2cccc(F)c2Cl)c1. The molecule has 0 fully saturated rings. The Kier molecular flexibility index (Phi) is 4.99. The van der Waals surface area contributed by atoms with Crippen molar-refractivity contribution in [1.82, 2.24) is 0 Å². The number of rotatable bonds is 5. The fraction of sp³-hybridized carbons (Fsp3) is 0.250. The number of ether oxygens (including phenoxy) is 1. The number of hydrogen-bond donors (Lipinski definition) is 1. The van der Waals surface area contributed by atoms with Crippen LogP contribution in [0.25, 0.3) is 0 Å². The minimum atomic E-state index is -0.755. The molecule has 0 bridgehead atoms. The third-order valence-electron chi connectivity index (χ3n) is 3.00. The molecule has 0 radical (unpaired) electrons. The largest absolute Gasteiger partial charge is 0.494 e. The van der Waals surface area contributed by atoms with Gasteiger partial charge in [0.15, 0.2) is 0 Å². The molecule has 2 rings (SSSR count). The molecule has 0 heterocycles. The van der Waals surface area contributed by atoms with E-state index in [2.05, 4.69) is 0 Å². The van der Waals surface area contributed by atoms with Crippen LogP contribution in [0.2, 0.25) is 5.02 Å². The van der Waals surface area contributed by atoms with Crippen molar-refractivity contribution in [3.8, 4) is 5.75 Å². The van der Waals surface area contributed by atoms with Gasteiger partial charge in [-0.25, -0.2) is 4.39 Å². The van der Waals surface area contributed by atoms with E-state index in [0.29, 0.717) is 17.9 Å². The van der Waals surface area contributed by atoms with Crippen molar-refractivity contribution in [1.29, 1.82) is 0 Å². The van der Waals surface area contributed by atoms with Crippen LogP contribution in [0, 0.1) is 5.82 Å². The summed E-state index contributed by atoms with van der Waals surface area (Å²) in [6.45, 7) is 2.46. The molecule has 0 saturated heterocycles. The summed E-state index contributed by atoms with van der Waals surface area (Å²) in [6.07, 6.45) is -0.499. The van der Waals surface area contributed by atoms with Gasteiger partial charge in [-0.05, 0) is 36.2 Å². The van der Waals surface area contributed by atoms with Crippen molar-refractivity contribution in [2.45, 2.75) is 19.4 Å². The Morgan fingerprint density at radius 2 is 2.00 bits per heavy atom. The summed E-state index contributed by atoms with van der Waals surface area (Å²) in [4.78, 5) is 0. The number of halogens is 2. The summed E-state index contributed by atoms with van der Waals surface area (Å²) in [6, 6.07) is 11.8. The van der Waals surface area contributed by atoms with Gasteiger partial charge in [-0.2, -0.15) is 0 Å². The fourth-order valence-electron chi connectivity index (χ4n) is 2.01. The van der Waals surface area contributed by atoms with E-state index in [4.69, 9.17) is 16.3 Å². The molecule has 1 unspecified atom stereocenters. The van der Waals surface area contributed by atoms with Crippen molar-refractivity contribution in [2.24, 2.45) is 0 Å². The van der Waals surface area contributed by atoms with Crippen LogP contribution in [-0.2, 0) is 6.42 Å². The van der Waals surface area contributed by atoms with Gasteiger partial charge in [0.2, 0.25) is 0 Å². The molecule has 106 valence electrons. The van der Waals surface area contributed by atoms with Crippen LogP contribution in [0.4, 0.5) is 4.39 Å². The van der Waals surface area contributed by atoms with Gasteiger partial charge in [0.1, 0.15) is 11.6 Å². The highest BCUT2D eigenvalue weighted by atomic mass is 35.5. The van der Waals surface area contributed by atoms with E-state index in [-0.39, 0.29) is 11.4 Å². The molecule has 0 aliphatic rings. The van der Waals surface area contributed by atoms with E-state index in [0.717, 1.165) is 5.56 Å². The van der Waals surface area contributed by atoms with Crippen molar-refractivity contribution in [2.75, 3.05) is 6.61 Å². The Hall–Kier alpha value is -1.58. The molecule has 20 heavy (non-hydrogen) atoms. The van der Waals surface area contributed by atoms with Crippen LogP contribution in [-0.4, -0.2) is 11.7 Å². The predicted octanol–water partition coefficient (Wildman–Crippen LogP) is 4.15. The van der Waals surface area contributed by atoms with E-state index in [9.17, 15) is 9.50 Å². The quantitative estimate of drug-likeness (QED) is 0.897. The van der Waals surface area contributed by atoms with Gasteiger partial charge in [-0.1, -0.05) is 35.9 Å². The van der Waals surface area contributed by atoms with Crippen molar-refractivity contribution < 1.29 is 14.2 Å². The minimum absolute atomic E-state index is 0.0625. The second-order valence-electron chi connectivity index (χ2n) is 4.44. The summed E-state index contributed by atoms with van der Waals surface area (Å²) >= 11 is 5.89. The molecule has 2 aromatic carbocycles. The lowest BCUT2D eigenvalue weighted by Crippen LogP contribution is -2.03. The van der Waals surface area contributed by atoms with Gasteiger partial charge in [0, 0.05) is 6.42 Å². The van der Waals surface area contributed by atoms with Crippen molar-refractivity contribution >= 4 is 11.6 Å². The van der Waals surface area contributed by atoms with Gasteiger partial charge in [0.25, 0.3) is 0 Å². The standard InChI is InChI=1S/C16H16ClFO2/c1-2-20-13-7-3-5-11(9-13)15(19)10-12-6-4-8-14(18)16(12)17/h3-9,15,19H,2,10H2,1H3. The zero-order valence-electron chi connectivity index (χ0n) is 11.1. The Balaban J connectivity index is 2.17. The average molecular weight is 295 g/mol. The lowest BCUT2D eigenvalue weighted by molar-refractivity contribution is 0.178. The molecule has 0 aliphatic carbocycles. The van der Waals surface area contributed by atoms with Gasteiger partial charge in [0.05, 0.1) is 17.7 Å². The monoisotopic (exact) mass is 294 g/mol. The maximum atomic E-state index is 13.4. The van der Waals surface area contributed by atoms with Gasteiger partial charge in [-0.15, -0.1) is 0 Å². The van der Waals surface area contributed by atoms with Crippen LogP contribution in [0.15, 0.2) is 42.5 Å². The van der Waals surface area contributed by atoms with Gasteiger partial charge < -0.3 is 9.84 Å². The topological polar surface area (TPSA) is 29.5 Å². The van der Waals surface area contributed by atoms with E-state index in [1.54, 1.807) is 24.3 Å². The van der Waals surface area contributed by atoms with E-state index < -0.39 is 11.9 Å². The Bertz CT molecular complexity index is 586. The zero-order chi connectivity index (χ0) is 14.5. The number of aliphatic hydroxyl groups excluding tert-OH is 1. The van der Waals surface area contributed by atoms with Crippen LogP contribution in [0.1, 0.15) is 24.2 Å². The van der Waals surface area contributed by atoms with E-state index in [1.165, 1.54) is 6.07 Å². The maximum Gasteiger partial charge on any atom is 0.142 e. The third-order valence-corrected chi connectivity index (χ3v) is 3.42. The number of benzene rings is 2. The van der Waals surface area contributed by atoms with Gasteiger partial charge in [-0.3, -0.25) is 0 Å². The molecule has 1 atom stereocenters. The van der Waals surface area contributed by atoms with Crippen LogP contribution in [0.5, 0.6) is 5.75 Å². The van der Waals surface area contributed by atoms with Crippen LogP contribution in [0.3, 0.4) is 0 Å². The van der Waals surface area contributed by atoms with Crippen LogP contribution >= 0.6 is 11.6 Å². The van der Waals surface area contributed by atoms with Crippen LogP contribution < -0.4 is 4.74 Å². The highest BCUT2D eigenvalue weighted by molar-refractivity contribution is 6.31. The average Bonchev–Trinajstić information content (AvgIpc) is 2.44. The zero-order valence-corrected chi connectivity index (χ0v) is 11.9. The van der Waals surface area contributed by atoms with Gasteiger partial charge >= 0.3 is 0 Å². The molecule has 0 spiro atoms. The normalized spacial score (nSPS) is 12.2. The second kappa shape index (κ2) is 6.73. The molecular formula is C16H16ClFO2. The third kappa shape index (κ3) is 3.50. The fourth-order valence-corrected chi connectivity index (χ4v) is 2.21. The predicted molar refractivity (Wildman–Crippen MR) is 77.7 cm³/mol. The highest BCUT2D eigenvalue weighted by Gasteiger charge is 2.13. The summed E-state index contributed by atoms with van der Waals surface area (Å²) in [5.41, 5.74) is 1.30. The lowest BCUT2D eigenvalue weighted by Gasteiger charge is -2.14. The summed E-state index contributed by atoms with van der Waals surface area (Å²) < 4.78 is 18.8. The lowest BCUT2D eigenvalue weighted by atomic mass is 10.0. The van der Waals surface area contributed by atoms with E-state index in [1.807, 2.05) is 19.1 Å². The number of aliphatic hydroxyl groups is 1. The Labute approximate surface area is 122 Å². The molecule has 0 aliphatic heterocycles. The highest BCUT2D eigenvalue weighted by Crippen LogP contribution is 2.27. The van der Waals surface area contributed by atoms with Crippen molar-refractivity contribution in [3.05, 3.63) is 64.4 Å². The minimum Gasteiger partial charge on any atom is -0.494 e. The number of hydrogen-bond acceptors (Lipinski definition) is 2. The Morgan fingerprint density at radius 3 is 2.75 bits per heavy atom. The first-order chi connectivity index (χ1) is 9.61. The summed E-state index contributed by atoms with van der Waals surface area (Å²) in [7, 11) is 0. The molecule has 0 saturated carbocycles. The molecule has 1 N–H and O–H groups in total. The molecule has 2 aromatic rings. The molecule has 4 heteroatoms. The Morgan fingerprint density at radius 1 is 1.25 bits per heavy atom. The molecule has 0 amide bonds. The van der Waals surface area contributed by atoms with Crippen molar-refractivity contribution in [3.63, 3.8) is 0 Å². The maximum absolute atomic E-state index is 13.4. The summed E-state index contributed by atoms with van der Waals surface area (Å²) in [5, 5.41) is 10.3.